The van der Waals surface area contributed by atoms with Gasteiger partial charge >= 0.3 is 0 Å². The Labute approximate surface area is 175 Å². The number of amides is 1. The van der Waals surface area contributed by atoms with Crippen LogP contribution in [0.2, 0.25) is 0 Å². The monoisotopic (exact) mass is 422 g/mol. The first kappa shape index (κ1) is 20.3. The van der Waals surface area contributed by atoms with Gasteiger partial charge in [-0.2, -0.15) is 4.31 Å². The lowest BCUT2D eigenvalue weighted by Crippen LogP contribution is -2.40. The zero-order valence-electron chi connectivity index (χ0n) is 16.3. The van der Waals surface area contributed by atoms with Crippen LogP contribution in [0.3, 0.4) is 0 Å². The van der Waals surface area contributed by atoms with Crippen molar-refractivity contribution in [1.29, 1.82) is 0 Å². The number of rotatable bonds is 5. The van der Waals surface area contributed by atoms with Gasteiger partial charge in [0.15, 0.2) is 0 Å². The topological polar surface area (TPSA) is 75.7 Å². The molecule has 0 bridgehead atoms. The summed E-state index contributed by atoms with van der Waals surface area (Å²) >= 11 is 0. The van der Waals surface area contributed by atoms with Crippen LogP contribution in [-0.4, -0.2) is 44.9 Å². The molecule has 0 atom stereocenters. The summed E-state index contributed by atoms with van der Waals surface area (Å²) in [5.41, 5.74) is 1.48. The zero-order chi connectivity index (χ0) is 21.0. The minimum absolute atomic E-state index is 0.238. The largest absolute Gasteiger partial charge is 0.379 e. The molecule has 0 spiro atoms. The van der Waals surface area contributed by atoms with Crippen LogP contribution in [0, 0.1) is 0 Å². The summed E-state index contributed by atoms with van der Waals surface area (Å²) in [5.74, 6) is -0.253. The maximum atomic E-state index is 12.7. The normalized spacial score (nSPS) is 15.5. The predicted octanol–water partition coefficient (Wildman–Crippen LogP) is 3.51. The fraction of sp³-hybridized carbons (Fsp3) is 0.174. The maximum absolute atomic E-state index is 12.7. The summed E-state index contributed by atoms with van der Waals surface area (Å²) in [4.78, 5) is 12.6. The molecule has 7 heteroatoms. The average Bonchev–Trinajstić information content (AvgIpc) is 2.79. The van der Waals surface area contributed by atoms with Gasteiger partial charge in [0, 0.05) is 30.2 Å². The van der Waals surface area contributed by atoms with E-state index in [1.165, 1.54) is 10.4 Å². The summed E-state index contributed by atoms with van der Waals surface area (Å²) in [6, 6.07) is 20.1. The molecule has 30 heavy (non-hydrogen) atoms. The van der Waals surface area contributed by atoms with E-state index in [-0.39, 0.29) is 10.8 Å². The van der Waals surface area contributed by atoms with Gasteiger partial charge in [0.2, 0.25) is 15.9 Å². The van der Waals surface area contributed by atoms with E-state index in [1.807, 2.05) is 42.5 Å². The van der Waals surface area contributed by atoms with Gasteiger partial charge in [0.05, 0.1) is 18.1 Å². The van der Waals surface area contributed by atoms with Crippen molar-refractivity contribution in [3.63, 3.8) is 0 Å². The zero-order valence-corrected chi connectivity index (χ0v) is 17.1. The molecular weight excluding hydrogens is 400 g/mol. The van der Waals surface area contributed by atoms with Crippen molar-refractivity contribution >= 4 is 38.5 Å². The highest BCUT2D eigenvalue weighted by molar-refractivity contribution is 7.89. The first-order valence-corrected chi connectivity index (χ1v) is 11.1. The Kier molecular flexibility index (Phi) is 5.94. The van der Waals surface area contributed by atoms with Crippen molar-refractivity contribution in [2.45, 2.75) is 4.90 Å². The second-order valence-corrected chi connectivity index (χ2v) is 8.87. The summed E-state index contributed by atoms with van der Waals surface area (Å²) in [6.07, 6.45) is 3.10. The Morgan fingerprint density at radius 2 is 1.63 bits per heavy atom. The number of ether oxygens (including phenoxy) is 1. The van der Waals surface area contributed by atoms with Crippen LogP contribution in [0.5, 0.6) is 0 Å². The quantitative estimate of drug-likeness (QED) is 0.639. The third kappa shape index (κ3) is 4.43. The number of fused-ring (bicyclic) bond motifs is 1. The van der Waals surface area contributed by atoms with Gasteiger partial charge < -0.3 is 10.1 Å². The number of carbonyl (C=O) groups is 1. The average molecular weight is 423 g/mol. The molecule has 1 aliphatic heterocycles. The first-order chi connectivity index (χ1) is 14.5. The molecule has 1 amide bonds. The van der Waals surface area contributed by atoms with E-state index in [2.05, 4.69) is 5.32 Å². The Hall–Kier alpha value is -3.00. The molecule has 6 nitrogen and oxygen atoms in total. The standard InChI is InChI=1S/C23H22N2O4S/c26-23(24-22-7-3-5-19-4-1-2-6-21(19)22)13-10-18-8-11-20(12-9-18)30(27,28)25-14-16-29-17-15-25/h1-13H,14-17H2,(H,24,26). The summed E-state index contributed by atoms with van der Waals surface area (Å²) in [7, 11) is -3.52. The Morgan fingerprint density at radius 3 is 2.40 bits per heavy atom. The van der Waals surface area contributed by atoms with E-state index in [9.17, 15) is 13.2 Å². The lowest BCUT2D eigenvalue weighted by molar-refractivity contribution is -0.111. The number of nitrogens with one attached hydrogen (secondary N) is 1. The Morgan fingerprint density at radius 1 is 0.933 bits per heavy atom. The van der Waals surface area contributed by atoms with Crippen LogP contribution in [0.25, 0.3) is 16.8 Å². The lowest BCUT2D eigenvalue weighted by atomic mass is 10.1. The molecule has 1 saturated heterocycles. The van der Waals surface area contributed by atoms with Crippen molar-refractivity contribution in [2.75, 3.05) is 31.6 Å². The molecule has 3 aromatic carbocycles. The van der Waals surface area contributed by atoms with Crippen LogP contribution in [0.15, 0.2) is 77.7 Å². The molecule has 0 aromatic heterocycles. The van der Waals surface area contributed by atoms with Crippen molar-refractivity contribution in [1.82, 2.24) is 4.31 Å². The number of anilines is 1. The van der Waals surface area contributed by atoms with E-state index in [1.54, 1.807) is 30.3 Å². The van der Waals surface area contributed by atoms with Crippen LogP contribution in [0.1, 0.15) is 5.56 Å². The fourth-order valence-corrected chi connectivity index (χ4v) is 4.78. The number of sulfonamides is 1. The molecule has 1 aliphatic rings. The van der Waals surface area contributed by atoms with Gasteiger partial charge in [-0.3, -0.25) is 4.79 Å². The van der Waals surface area contributed by atoms with Crippen LogP contribution < -0.4 is 5.32 Å². The second-order valence-electron chi connectivity index (χ2n) is 6.93. The molecule has 0 aliphatic carbocycles. The Bertz CT molecular complexity index is 1180. The highest BCUT2D eigenvalue weighted by Crippen LogP contribution is 2.23. The van der Waals surface area contributed by atoms with E-state index in [0.717, 1.165) is 22.0 Å². The minimum Gasteiger partial charge on any atom is -0.379 e. The fourth-order valence-electron chi connectivity index (χ4n) is 3.37. The number of nitrogens with zero attached hydrogens (tertiary/aromatic N) is 1. The number of hydrogen-bond donors (Lipinski definition) is 1. The third-order valence-corrected chi connectivity index (χ3v) is 6.88. The predicted molar refractivity (Wildman–Crippen MR) is 118 cm³/mol. The van der Waals surface area contributed by atoms with Crippen molar-refractivity contribution < 1.29 is 17.9 Å². The molecule has 1 fully saturated rings. The smallest absolute Gasteiger partial charge is 0.248 e. The first-order valence-electron chi connectivity index (χ1n) is 9.69. The molecule has 0 radical (unpaired) electrons. The van der Waals surface area contributed by atoms with Gasteiger partial charge in [-0.1, -0.05) is 48.5 Å². The third-order valence-electron chi connectivity index (χ3n) is 4.96. The number of hydrogen-bond acceptors (Lipinski definition) is 4. The summed E-state index contributed by atoms with van der Waals surface area (Å²) in [5, 5.41) is 4.92. The molecule has 3 aromatic rings. The van der Waals surface area contributed by atoms with E-state index >= 15 is 0 Å². The Balaban J connectivity index is 1.44. The second kappa shape index (κ2) is 8.79. The number of carbonyl (C=O) groups excluding carboxylic acids is 1. The SMILES string of the molecule is O=C(C=Cc1ccc(S(=O)(=O)N2CCOCC2)cc1)Nc1cccc2ccccc12. The molecule has 154 valence electrons. The number of benzene rings is 3. The molecule has 0 saturated carbocycles. The van der Waals surface area contributed by atoms with Gasteiger partial charge in [-0.25, -0.2) is 8.42 Å². The van der Waals surface area contributed by atoms with Crippen LogP contribution in [-0.2, 0) is 19.6 Å². The molecular formula is C23H22N2O4S. The van der Waals surface area contributed by atoms with Crippen molar-refractivity contribution in [3.8, 4) is 0 Å². The lowest BCUT2D eigenvalue weighted by Gasteiger charge is -2.26. The van der Waals surface area contributed by atoms with E-state index in [0.29, 0.717) is 26.3 Å². The highest BCUT2D eigenvalue weighted by Gasteiger charge is 2.25. The maximum Gasteiger partial charge on any atom is 0.248 e. The molecule has 1 heterocycles. The van der Waals surface area contributed by atoms with Crippen LogP contribution in [0.4, 0.5) is 5.69 Å². The van der Waals surface area contributed by atoms with Crippen molar-refractivity contribution in [3.05, 3.63) is 78.4 Å². The highest BCUT2D eigenvalue weighted by atomic mass is 32.2. The molecule has 1 N–H and O–H groups in total. The molecule has 0 unspecified atom stereocenters. The van der Waals surface area contributed by atoms with Gasteiger partial charge in [0.1, 0.15) is 0 Å². The van der Waals surface area contributed by atoms with Gasteiger partial charge in [-0.15, -0.1) is 0 Å². The summed E-state index contributed by atoms with van der Waals surface area (Å²) in [6.45, 7) is 1.54. The minimum atomic E-state index is -3.52. The van der Waals surface area contributed by atoms with Gasteiger partial charge in [0.25, 0.3) is 0 Å². The van der Waals surface area contributed by atoms with Gasteiger partial charge in [-0.05, 0) is 35.2 Å². The summed E-state index contributed by atoms with van der Waals surface area (Å²) < 4.78 is 32.0. The number of morpholine rings is 1. The van der Waals surface area contributed by atoms with E-state index in [4.69, 9.17) is 4.74 Å². The van der Waals surface area contributed by atoms with Crippen LogP contribution >= 0.6 is 0 Å². The molecule has 4 rings (SSSR count). The van der Waals surface area contributed by atoms with Crippen molar-refractivity contribution in [2.24, 2.45) is 0 Å². The van der Waals surface area contributed by atoms with E-state index < -0.39 is 10.0 Å².